The Morgan fingerprint density at radius 2 is 1.81 bits per heavy atom. The minimum atomic E-state index is -0.0230. The van der Waals surface area contributed by atoms with Crippen LogP contribution in [0.5, 0.6) is 0 Å². The Morgan fingerprint density at radius 1 is 1.10 bits per heavy atom. The first kappa shape index (κ1) is 22.2. The van der Waals surface area contributed by atoms with Gasteiger partial charge in [-0.2, -0.15) is 0 Å². The van der Waals surface area contributed by atoms with E-state index in [0.717, 1.165) is 56.8 Å². The van der Waals surface area contributed by atoms with Gasteiger partial charge < -0.3 is 14.5 Å². The van der Waals surface area contributed by atoms with Gasteiger partial charge in [0.25, 0.3) is 0 Å². The minimum Gasteiger partial charge on any atom is -0.466 e. The highest BCUT2D eigenvalue weighted by atomic mass is 35.5. The number of ether oxygens (including phenoxy) is 1. The number of halogens is 1. The van der Waals surface area contributed by atoms with E-state index in [0.29, 0.717) is 12.6 Å². The first-order chi connectivity index (χ1) is 15.1. The topological polar surface area (TPSA) is 32.8 Å². The zero-order valence-corrected chi connectivity index (χ0v) is 19.4. The summed E-state index contributed by atoms with van der Waals surface area (Å²) >= 11 is 6.41. The van der Waals surface area contributed by atoms with E-state index >= 15 is 0 Å². The Hall–Kier alpha value is -2.04. The molecule has 0 bridgehead atoms. The molecule has 1 saturated heterocycles. The molecular weight excluding hydrogens is 408 g/mol. The fraction of sp³-hybridized carbons (Fsp3) is 0.500. The lowest BCUT2D eigenvalue weighted by Crippen LogP contribution is -2.40. The van der Waals surface area contributed by atoms with E-state index in [-0.39, 0.29) is 11.9 Å². The molecule has 2 aromatic carbocycles. The van der Waals surface area contributed by atoms with Crippen molar-refractivity contribution in [3.8, 4) is 0 Å². The fourth-order valence-electron chi connectivity index (χ4n) is 4.95. The normalized spacial score (nSPS) is 18.1. The third-order valence-electron chi connectivity index (χ3n) is 6.73. The smallest absolute Gasteiger partial charge is 0.309 e. The van der Waals surface area contributed by atoms with Gasteiger partial charge in [-0.15, -0.1) is 0 Å². The summed E-state index contributed by atoms with van der Waals surface area (Å²) in [6, 6.07) is 15.4. The summed E-state index contributed by atoms with van der Waals surface area (Å²) in [6.45, 7) is 7.63. The van der Waals surface area contributed by atoms with Crippen molar-refractivity contribution in [1.29, 1.82) is 0 Å². The molecule has 1 unspecified atom stereocenters. The Bertz CT molecular complexity index is 908. The van der Waals surface area contributed by atoms with Gasteiger partial charge in [0.1, 0.15) is 0 Å². The van der Waals surface area contributed by atoms with Crippen molar-refractivity contribution in [2.45, 2.75) is 52.0 Å². The van der Waals surface area contributed by atoms with E-state index in [1.807, 2.05) is 13.0 Å². The Labute approximate surface area is 191 Å². The number of likely N-dealkylation sites (tertiary alicyclic amines) is 1. The molecule has 2 aliphatic heterocycles. The average Bonchev–Trinajstić information content (AvgIpc) is 2.94. The van der Waals surface area contributed by atoms with Gasteiger partial charge in [0.15, 0.2) is 0 Å². The lowest BCUT2D eigenvalue weighted by molar-refractivity contribution is -0.149. The number of esters is 1. The van der Waals surface area contributed by atoms with Crippen LogP contribution in [0.25, 0.3) is 0 Å². The maximum absolute atomic E-state index is 12.0. The number of nitrogens with zero attached hydrogens (tertiary/aromatic N) is 2. The molecular formula is C26H33ClN2O2. The van der Waals surface area contributed by atoms with Gasteiger partial charge in [-0.05, 0) is 88.4 Å². The second kappa shape index (κ2) is 10.1. The van der Waals surface area contributed by atoms with Crippen LogP contribution in [-0.2, 0) is 22.4 Å². The Kier molecular flexibility index (Phi) is 7.19. The van der Waals surface area contributed by atoms with E-state index in [1.54, 1.807) is 0 Å². The summed E-state index contributed by atoms with van der Waals surface area (Å²) in [4.78, 5) is 17.0. The molecule has 5 heteroatoms. The number of anilines is 2. The van der Waals surface area contributed by atoms with Crippen molar-refractivity contribution >= 4 is 28.9 Å². The zero-order valence-electron chi connectivity index (χ0n) is 18.6. The Balaban J connectivity index is 1.46. The molecule has 2 heterocycles. The molecule has 0 aliphatic carbocycles. The van der Waals surface area contributed by atoms with Crippen LogP contribution in [0, 0.1) is 5.92 Å². The summed E-state index contributed by atoms with van der Waals surface area (Å²) in [7, 11) is 0. The summed E-state index contributed by atoms with van der Waals surface area (Å²) in [5, 5.41) is 0.788. The largest absolute Gasteiger partial charge is 0.466 e. The number of aryl methyl sites for hydroxylation is 2. The van der Waals surface area contributed by atoms with Gasteiger partial charge in [-0.25, -0.2) is 0 Å². The van der Waals surface area contributed by atoms with Gasteiger partial charge in [-0.3, -0.25) is 4.79 Å². The molecule has 4 nitrogen and oxygen atoms in total. The van der Waals surface area contributed by atoms with E-state index in [9.17, 15) is 4.79 Å². The highest BCUT2D eigenvalue weighted by Gasteiger charge is 2.28. The second-order valence-electron chi connectivity index (χ2n) is 8.78. The third kappa shape index (κ3) is 5.07. The third-order valence-corrected chi connectivity index (χ3v) is 6.97. The molecule has 1 atom stereocenters. The van der Waals surface area contributed by atoms with Crippen molar-refractivity contribution in [2.75, 3.05) is 31.1 Å². The molecule has 0 radical (unpaired) electrons. The highest BCUT2D eigenvalue weighted by Crippen LogP contribution is 2.39. The number of fused-ring (bicyclic) bond motifs is 2. The average molecular weight is 441 g/mol. The summed E-state index contributed by atoms with van der Waals surface area (Å²) in [6.07, 6.45) is 4.95. The Morgan fingerprint density at radius 3 is 2.55 bits per heavy atom. The molecule has 166 valence electrons. The van der Waals surface area contributed by atoms with Crippen LogP contribution in [0.2, 0.25) is 5.02 Å². The van der Waals surface area contributed by atoms with E-state index in [2.05, 4.69) is 53.1 Å². The number of para-hydroxylation sites is 1. The predicted molar refractivity (Wildman–Crippen MR) is 127 cm³/mol. The minimum absolute atomic E-state index is 0.0230. The molecule has 4 rings (SSSR count). The van der Waals surface area contributed by atoms with Gasteiger partial charge in [-0.1, -0.05) is 35.9 Å². The van der Waals surface area contributed by atoms with Crippen LogP contribution in [0.3, 0.4) is 0 Å². The van der Waals surface area contributed by atoms with Crippen molar-refractivity contribution in [3.63, 3.8) is 0 Å². The van der Waals surface area contributed by atoms with Gasteiger partial charge >= 0.3 is 5.97 Å². The highest BCUT2D eigenvalue weighted by molar-refractivity contribution is 6.30. The van der Waals surface area contributed by atoms with E-state index < -0.39 is 0 Å². The molecule has 0 N–H and O–H groups in total. The molecule has 0 saturated carbocycles. The number of hydrogen-bond acceptors (Lipinski definition) is 4. The van der Waals surface area contributed by atoms with Gasteiger partial charge in [0, 0.05) is 29.0 Å². The fourth-order valence-corrected chi connectivity index (χ4v) is 5.12. The molecule has 2 aliphatic rings. The van der Waals surface area contributed by atoms with Crippen LogP contribution in [0.1, 0.15) is 44.2 Å². The number of hydrogen-bond donors (Lipinski definition) is 0. The summed E-state index contributed by atoms with van der Waals surface area (Å²) in [5.41, 5.74) is 5.31. The van der Waals surface area contributed by atoms with Crippen LogP contribution in [-0.4, -0.2) is 43.2 Å². The van der Waals surface area contributed by atoms with Gasteiger partial charge in [0.2, 0.25) is 0 Å². The standard InChI is InChI=1S/C26H33ClN2O2/c1-3-31-26(30)22-13-16-28(17-14-22)15-12-19(2)29-24-7-5-4-6-20(24)8-9-21-10-11-23(27)18-25(21)29/h4-7,10-11,18-19,22H,3,8-9,12-17H2,1-2H3. The molecule has 2 aromatic rings. The molecule has 0 aromatic heterocycles. The molecule has 31 heavy (non-hydrogen) atoms. The SMILES string of the molecule is CCOC(=O)C1CCN(CCC(C)N2c3ccccc3CCc3ccc(Cl)cc32)CC1. The van der Waals surface area contributed by atoms with Crippen molar-refractivity contribution < 1.29 is 9.53 Å². The number of carbonyl (C=O) groups excluding carboxylic acids is 1. The van der Waals surface area contributed by atoms with Crippen LogP contribution in [0.4, 0.5) is 11.4 Å². The monoisotopic (exact) mass is 440 g/mol. The van der Waals surface area contributed by atoms with Crippen LogP contribution in [0.15, 0.2) is 42.5 Å². The molecule has 0 spiro atoms. The summed E-state index contributed by atoms with van der Waals surface area (Å²) < 4.78 is 5.21. The van der Waals surface area contributed by atoms with E-state index in [1.165, 1.54) is 22.5 Å². The van der Waals surface area contributed by atoms with Gasteiger partial charge in [0.05, 0.1) is 12.5 Å². The second-order valence-corrected chi connectivity index (χ2v) is 9.21. The van der Waals surface area contributed by atoms with Crippen LogP contribution >= 0.6 is 11.6 Å². The summed E-state index contributed by atoms with van der Waals surface area (Å²) in [5.74, 6) is 0.0466. The maximum atomic E-state index is 12.0. The number of carbonyl (C=O) groups is 1. The first-order valence-electron chi connectivity index (χ1n) is 11.6. The number of rotatable bonds is 6. The maximum Gasteiger partial charge on any atom is 0.309 e. The number of piperidine rings is 1. The van der Waals surface area contributed by atoms with Crippen molar-refractivity contribution in [2.24, 2.45) is 5.92 Å². The molecule has 1 fully saturated rings. The molecule has 0 amide bonds. The van der Waals surface area contributed by atoms with Crippen molar-refractivity contribution in [1.82, 2.24) is 4.90 Å². The first-order valence-corrected chi connectivity index (χ1v) is 12.0. The lowest BCUT2D eigenvalue weighted by atomic mass is 9.96. The van der Waals surface area contributed by atoms with E-state index in [4.69, 9.17) is 16.3 Å². The zero-order chi connectivity index (χ0) is 21.8. The predicted octanol–water partition coefficient (Wildman–Crippen LogP) is 5.63. The lowest BCUT2D eigenvalue weighted by Gasteiger charge is -2.36. The number of benzene rings is 2. The quantitative estimate of drug-likeness (QED) is 0.545. The van der Waals surface area contributed by atoms with Crippen molar-refractivity contribution in [3.05, 3.63) is 58.6 Å². The van der Waals surface area contributed by atoms with Crippen LogP contribution < -0.4 is 4.90 Å².